The lowest BCUT2D eigenvalue weighted by Crippen LogP contribution is -2.11. The number of methoxy groups -OCH3 is 1. The highest BCUT2D eigenvalue weighted by Gasteiger charge is 2.26. The Kier molecular flexibility index (Phi) is 7.65. The molecule has 1 heterocycles. The number of aromatic nitrogens is 2. The summed E-state index contributed by atoms with van der Waals surface area (Å²) >= 11 is 0. The lowest BCUT2D eigenvalue weighted by atomic mass is 10.0. The molecule has 0 aliphatic carbocycles. The van der Waals surface area contributed by atoms with Gasteiger partial charge in [-0.1, -0.05) is 42.0 Å². The smallest absolute Gasteiger partial charge is 0.309 e. The molecule has 0 saturated heterocycles. The molecule has 1 amide bonds. The zero-order valence-electron chi connectivity index (χ0n) is 23.1. The maximum atomic E-state index is 15.1. The van der Waals surface area contributed by atoms with Gasteiger partial charge in [-0.2, -0.15) is 9.78 Å². The number of benzene rings is 4. The van der Waals surface area contributed by atoms with Crippen LogP contribution < -0.4 is 14.8 Å². The molecule has 0 spiro atoms. The number of carbonyl (C=O) groups excluding carboxylic acids is 2. The molecule has 8 heteroatoms. The largest absolute Gasteiger partial charge is 0.497 e. The van der Waals surface area contributed by atoms with E-state index in [4.69, 9.17) is 14.6 Å². The predicted octanol–water partition coefficient (Wildman–Crippen LogP) is 7.15. The van der Waals surface area contributed by atoms with Gasteiger partial charge in [0.05, 0.1) is 18.4 Å². The van der Waals surface area contributed by atoms with Crippen molar-refractivity contribution in [2.75, 3.05) is 12.4 Å². The number of esters is 1. The summed E-state index contributed by atoms with van der Waals surface area (Å²) in [6.07, 6.45) is 0. The van der Waals surface area contributed by atoms with Crippen molar-refractivity contribution in [2.45, 2.75) is 20.8 Å². The van der Waals surface area contributed by atoms with E-state index in [1.165, 1.54) is 17.7 Å². The fourth-order valence-corrected chi connectivity index (χ4v) is 4.61. The van der Waals surface area contributed by atoms with Crippen molar-refractivity contribution in [2.24, 2.45) is 0 Å². The molecular formula is C33H28FN3O4. The summed E-state index contributed by atoms with van der Waals surface area (Å²) in [5, 5.41) is 7.65. The van der Waals surface area contributed by atoms with E-state index in [2.05, 4.69) is 5.32 Å². The third kappa shape index (κ3) is 5.72. The fraction of sp³-hybridized carbons (Fsp3) is 0.121. The van der Waals surface area contributed by atoms with Crippen LogP contribution in [0.15, 0.2) is 91.0 Å². The lowest BCUT2D eigenvalue weighted by Gasteiger charge is -2.12. The second kappa shape index (κ2) is 11.5. The number of hydrogen-bond acceptors (Lipinski definition) is 5. The molecule has 206 valence electrons. The van der Waals surface area contributed by atoms with E-state index in [0.717, 1.165) is 11.1 Å². The van der Waals surface area contributed by atoms with Crippen LogP contribution in [-0.2, 0) is 4.79 Å². The van der Waals surface area contributed by atoms with Gasteiger partial charge in [0.25, 0.3) is 5.91 Å². The summed E-state index contributed by atoms with van der Waals surface area (Å²) in [6, 6.07) is 25.9. The van der Waals surface area contributed by atoms with Gasteiger partial charge in [0.1, 0.15) is 17.3 Å². The van der Waals surface area contributed by atoms with Gasteiger partial charge in [0, 0.05) is 23.7 Å². The number of halogens is 1. The monoisotopic (exact) mass is 549 g/mol. The number of ether oxygens (including phenoxy) is 2. The molecule has 7 nitrogen and oxygen atoms in total. The van der Waals surface area contributed by atoms with Gasteiger partial charge >= 0.3 is 5.97 Å². The average Bonchev–Trinajstić information content (AvgIpc) is 3.31. The van der Waals surface area contributed by atoms with Crippen molar-refractivity contribution in [3.63, 3.8) is 0 Å². The molecule has 4 aromatic carbocycles. The average molecular weight is 550 g/mol. The van der Waals surface area contributed by atoms with Crippen LogP contribution in [0.1, 0.15) is 28.4 Å². The number of anilines is 1. The van der Waals surface area contributed by atoms with Crippen molar-refractivity contribution < 1.29 is 23.5 Å². The highest BCUT2D eigenvalue weighted by molar-refractivity contribution is 6.04. The standard InChI is InChI=1S/C33H28FN3O4/c1-20-9-18-29(21(2)19-20)37-33(41-22(3)38)30(31(36-37)27-7-5-6-8-28(27)34)23-10-14-25(15-11-23)35-32(39)24-12-16-26(40-4)17-13-24/h5-19H,1-4H3,(H,35,39). The molecule has 0 fully saturated rings. The number of rotatable bonds is 7. The summed E-state index contributed by atoms with van der Waals surface area (Å²) in [5.41, 5.74) is 5.33. The second-order valence-electron chi connectivity index (χ2n) is 9.56. The van der Waals surface area contributed by atoms with Crippen molar-refractivity contribution >= 4 is 17.6 Å². The van der Waals surface area contributed by atoms with Gasteiger partial charge < -0.3 is 14.8 Å². The highest BCUT2D eigenvalue weighted by atomic mass is 19.1. The molecule has 41 heavy (non-hydrogen) atoms. The van der Waals surface area contributed by atoms with E-state index in [9.17, 15) is 9.59 Å². The lowest BCUT2D eigenvalue weighted by molar-refractivity contribution is -0.132. The topological polar surface area (TPSA) is 82.4 Å². The van der Waals surface area contributed by atoms with E-state index >= 15 is 4.39 Å². The zero-order valence-corrected chi connectivity index (χ0v) is 23.1. The van der Waals surface area contributed by atoms with Crippen molar-refractivity contribution in [1.29, 1.82) is 0 Å². The number of aryl methyl sites for hydroxylation is 2. The molecule has 5 aromatic rings. The maximum Gasteiger partial charge on any atom is 0.309 e. The Morgan fingerprint density at radius 3 is 2.24 bits per heavy atom. The number of nitrogens with zero attached hydrogens (tertiary/aromatic N) is 2. The molecular weight excluding hydrogens is 521 g/mol. The molecule has 1 aromatic heterocycles. The summed E-state index contributed by atoms with van der Waals surface area (Å²) in [6.45, 7) is 5.23. The van der Waals surface area contributed by atoms with Crippen LogP contribution in [0.5, 0.6) is 11.6 Å². The number of nitrogens with one attached hydrogen (secondary N) is 1. The van der Waals surface area contributed by atoms with Crippen LogP contribution in [-0.4, -0.2) is 28.8 Å². The minimum atomic E-state index is -0.541. The normalized spacial score (nSPS) is 10.8. The van der Waals surface area contributed by atoms with Crippen LogP contribution in [0.3, 0.4) is 0 Å². The van der Waals surface area contributed by atoms with Crippen molar-refractivity contribution in [3.8, 4) is 39.7 Å². The first-order valence-corrected chi connectivity index (χ1v) is 12.9. The molecule has 1 N–H and O–H groups in total. The first-order chi connectivity index (χ1) is 19.7. The first kappa shape index (κ1) is 27.3. The molecule has 0 saturated carbocycles. The Morgan fingerprint density at radius 2 is 1.61 bits per heavy atom. The minimum Gasteiger partial charge on any atom is -0.497 e. The van der Waals surface area contributed by atoms with Crippen LogP contribution in [0.4, 0.5) is 10.1 Å². The third-order valence-electron chi connectivity index (χ3n) is 6.58. The SMILES string of the molecule is COc1ccc(C(=O)Nc2ccc(-c3c(-c4ccccc4F)nn(-c4ccc(C)cc4C)c3OC(C)=O)cc2)cc1. The van der Waals surface area contributed by atoms with E-state index < -0.39 is 11.8 Å². The van der Waals surface area contributed by atoms with Crippen LogP contribution >= 0.6 is 0 Å². The summed E-state index contributed by atoms with van der Waals surface area (Å²) in [5.74, 6) is -0.465. The summed E-state index contributed by atoms with van der Waals surface area (Å²) in [7, 11) is 1.56. The quantitative estimate of drug-likeness (QED) is 0.218. The zero-order chi connectivity index (χ0) is 29.1. The summed E-state index contributed by atoms with van der Waals surface area (Å²) in [4.78, 5) is 25.1. The molecule has 0 aliphatic rings. The van der Waals surface area contributed by atoms with Gasteiger partial charge in [-0.3, -0.25) is 9.59 Å². The Morgan fingerprint density at radius 1 is 0.902 bits per heavy atom. The predicted molar refractivity (Wildman–Crippen MR) is 156 cm³/mol. The molecule has 0 bridgehead atoms. The second-order valence-corrected chi connectivity index (χ2v) is 9.56. The number of amides is 1. The molecule has 0 atom stereocenters. The molecule has 0 unspecified atom stereocenters. The highest BCUT2D eigenvalue weighted by Crippen LogP contribution is 2.42. The molecule has 5 rings (SSSR count). The van der Waals surface area contributed by atoms with Gasteiger partial charge in [-0.25, -0.2) is 4.39 Å². The Balaban J connectivity index is 1.61. The Bertz CT molecular complexity index is 1740. The first-order valence-electron chi connectivity index (χ1n) is 12.9. The van der Waals surface area contributed by atoms with E-state index in [1.54, 1.807) is 73.8 Å². The third-order valence-corrected chi connectivity index (χ3v) is 6.58. The number of carbonyl (C=O) groups is 2. The van der Waals surface area contributed by atoms with Crippen LogP contribution in [0.25, 0.3) is 28.1 Å². The molecule has 0 aliphatic heterocycles. The Labute approximate surface area is 237 Å². The summed E-state index contributed by atoms with van der Waals surface area (Å²) < 4.78 is 27.5. The van der Waals surface area contributed by atoms with E-state index in [1.807, 2.05) is 32.0 Å². The fourth-order valence-electron chi connectivity index (χ4n) is 4.61. The van der Waals surface area contributed by atoms with Gasteiger partial charge in [-0.15, -0.1) is 0 Å². The van der Waals surface area contributed by atoms with Crippen LogP contribution in [0.2, 0.25) is 0 Å². The van der Waals surface area contributed by atoms with E-state index in [0.29, 0.717) is 39.5 Å². The van der Waals surface area contributed by atoms with E-state index in [-0.39, 0.29) is 17.4 Å². The van der Waals surface area contributed by atoms with Crippen molar-refractivity contribution in [1.82, 2.24) is 9.78 Å². The number of hydrogen-bond donors (Lipinski definition) is 1. The van der Waals surface area contributed by atoms with Gasteiger partial charge in [0.15, 0.2) is 0 Å². The van der Waals surface area contributed by atoms with Gasteiger partial charge in [-0.05, 0) is 79.6 Å². The minimum absolute atomic E-state index is 0.165. The van der Waals surface area contributed by atoms with Crippen molar-refractivity contribution in [3.05, 3.63) is 114 Å². The Hall–Kier alpha value is -5.24. The molecule has 0 radical (unpaired) electrons. The van der Waals surface area contributed by atoms with Crippen LogP contribution in [0, 0.1) is 19.7 Å². The maximum absolute atomic E-state index is 15.1. The van der Waals surface area contributed by atoms with Gasteiger partial charge in [0.2, 0.25) is 5.88 Å².